The smallest absolute Gasteiger partial charge is 0.0663 e. The molecule has 2 rings (SSSR count). The first-order valence-electron chi connectivity index (χ1n) is 7.23. The fourth-order valence-corrected chi connectivity index (χ4v) is 2.80. The molecule has 0 saturated carbocycles. The predicted molar refractivity (Wildman–Crippen MR) is 86.8 cm³/mol. The van der Waals surface area contributed by atoms with Crippen LogP contribution in [0, 0.1) is 0 Å². The van der Waals surface area contributed by atoms with Crippen LogP contribution in [0.2, 0.25) is 0 Å². The quantitative estimate of drug-likeness (QED) is 0.781. The summed E-state index contributed by atoms with van der Waals surface area (Å²) in [5.74, 6) is 0. The first-order valence-corrected chi connectivity index (χ1v) is 8.02. The highest BCUT2D eigenvalue weighted by Crippen LogP contribution is 2.15. The minimum absolute atomic E-state index is 0.830. The van der Waals surface area contributed by atoms with Crippen LogP contribution < -0.4 is 5.32 Å². The number of hydrogen-bond donors (Lipinski definition) is 1. The van der Waals surface area contributed by atoms with Gasteiger partial charge in [0.1, 0.15) is 0 Å². The van der Waals surface area contributed by atoms with Crippen molar-refractivity contribution in [1.29, 1.82) is 0 Å². The Morgan fingerprint density at radius 3 is 2.85 bits per heavy atom. The Kier molecular flexibility index (Phi) is 5.80. The normalized spacial score (nSPS) is 10.9. The van der Waals surface area contributed by atoms with Crippen molar-refractivity contribution in [3.8, 4) is 0 Å². The van der Waals surface area contributed by atoms with Gasteiger partial charge in [-0.2, -0.15) is 5.10 Å². The number of rotatable bonds is 7. The summed E-state index contributed by atoms with van der Waals surface area (Å²) in [5, 5.41) is 8.00. The van der Waals surface area contributed by atoms with Gasteiger partial charge in [-0.3, -0.25) is 4.68 Å². The number of nitrogens with zero attached hydrogens (tertiary/aromatic N) is 2. The molecule has 0 bridgehead atoms. The zero-order valence-electron chi connectivity index (χ0n) is 12.2. The second-order valence-corrected chi connectivity index (χ2v) is 5.85. The average molecular weight is 336 g/mol. The molecule has 3 nitrogen and oxygen atoms in total. The number of benzene rings is 1. The van der Waals surface area contributed by atoms with Crippen molar-refractivity contribution in [2.75, 3.05) is 6.54 Å². The van der Waals surface area contributed by atoms with Crippen LogP contribution in [0.25, 0.3) is 0 Å². The van der Waals surface area contributed by atoms with Crippen LogP contribution in [0.3, 0.4) is 0 Å². The van der Waals surface area contributed by atoms with Gasteiger partial charge < -0.3 is 5.32 Å². The molecule has 1 aromatic heterocycles. The van der Waals surface area contributed by atoms with Crippen molar-refractivity contribution in [3.05, 3.63) is 51.8 Å². The van der Waals surface area contributed by atoms with Gasteiger partial charge in [-0.05, 0) is 37.1 Å². The Morgan fingerprint density at radius 1 is 1.30 bits per heavy atom. The average Bonchev–Trinajstić information content (AvgIpc) is 2.81. The molecule has 1 N–H and O–H groups in total. The van der Waals surface area contributed by atoms with E-state index in [2.05, 4.69) is 63.1 Å². The fraction of sp³-hybridized carbons (Fsp3) is 0.438. The predicted octanol–water partition coefficient (Wildman–Crippen LogP) is 3.76. The molecule has 0 aliphatic rings. The molecule has 0 saturated heterocycles. The van der Waals surface area contributed by atoms with Crippen molar-refractivity contribution in [2.24, 2.45) is 0 Å². The molecule has 0 unspecified atom stereocenters. The van der Waals surface area contributed by atoms with Crippen molar-refractivity contribution < 1.29 is 0 Å². The third kappa shape index (κ3) is 3.93. The van der Waals surface area contributed by atoms with Crippen LogP contribution in [-0.2, 0) is 19.5 Å². The molecule has 0 spiro atoms. The first-order chi connectivity index (χ1) is 9.74. The maximum Gasteiger partial charge on any atom is 0.0663 e. The molecule has 108 valence electrons. The lowest BCUT2D eigenvalue weighted by atomic mass is 10.2. The molecule has 0 radical (unpaired) electrons. The van der Waals surface area contributed by atoms with Crippen LogP contribution in [0.1, 0.15) is 37.1 Å². The van der Waals surface area contributed by atoms with Gasteiger partial charge in [-0.15, -0.1) is 0 Å². The van der Waals surface area contributed by atoms with E-state index in [4.69, 9.17) is 0 Å². The van der Waals surface area contributed by atoms with Crippen LogP contribution in [0.4, 0.5) is 0 Å². The third-order valence-corrected chi connectivity index (χ3v) is 3.83. The second kappa shape index (κ2) is 7.60. The number of nitrogens with one attached hydrogen (secondary N) is 1. The highest BCUT2D eigenvalue weighted by Gasteiger charge is 2.09. The van der Waals surface area contributed by atoms with Gasteiger partial charge in [0.2, 0.25) is 0 Å². The Hall–Kier alpha value is -1.13. The van der Waals surface area contributed by atoms with E-state index in [1.807, 2.05) is 12.3 Å². The van der Waals surface area contributed by atoms with E-state index in [1.165, 1.54) is 16.8 Å². The molecular formula is C16H22BrN3. The summed E-state index contributed by atoms with van der Waals surface area (Å²) in [6, 6.07) is 8.41. The lowest BCUT2D eigenvalue weighted by molar-refractivity contribution is 0.637. The van der Waals surface area contributed by atoms with E-state index < -0.39 is 0 Å². The summed E-state index contributed by atoms with van der Waals surface area (Å²) >= 11 is 3.52. The molecule has 4 heteroatoms. The van der Waals surface area contributed by atoms with Crippen molar-refractivity contribution in [2.45, 2.75) is 39.8 Å². The van der Waals surface area contributed by atoms with Gasteiger partial charge in [-0.25, -0.2) is 0 Å². The highest BCUT2D eigenvalue weighted by molar-refractivity contribution is 9.10. The summed E-state index contributed by atoms with van der Waals surface area (Å²) in [6.07, 6.45) is 4.17. The van der Waals surface area contributed by atoms with E-state index in [1.54, 1.807) is 0 Å². The van der Waals surface area contributed by atoms with Gasteiger partial charge in [0.25, 0.3) is 0 Å². The molecule has 0 amide bonds. The molecule has 1 heterocycles. The lowest BCUT2D eigenvalue weighted by Gasteiger charge is -2.09. The minimum Gasteiger partial charge on any atom is -0.313 e. The Morgan fingerprint density at radius 2 is 2.15 bits per heavy atom. The molecule has 0 atom stereocenters. The molecule has 0 aliphatic heterocycles. The van der Waals surface area contributed by atoms with Gasteiger partial charge >= 0.3 is 0 Å². The monoisotopic (exact) mass is 335 g/mol. The SMILES string of the molecule is CCCNCc1cnn(Cc2cccc(Br)c2)c1CC. The van der Waals surface area contributed by atoms with Gasteiger partial charge in [0.15, 0.2) is 0 Å². The third-order valence-electron chi connectivity index (χ3n) is 3.33. The van der Waals surface area contributed by atoms with Gasteiger partial charge in [-0.1, -0.05) is 41.9 Å². The lowest BCUT2D eigenvalue weighted by Crippen LogP contribution is -2.15. The molecule has 0 fully saturated rings. The Bertz CT molecular complexity index is 548. The van der Waals surface area contributed by atoms with Crippen molar-refractivity contribution in [1.82, 2.24) is 15.1 Å². The zero-order valence-corrected chi connectivity index (χ0v) is 13.8. The number of aromatic nitrogens is 2. The van der Waals surface area contributed by atoms with Crippen molar-refractivity contribution in [3.63, 3.8) is 0 Å². The molecule has 0 aliphatic carbocycles. The zero-order chi connectivity index (χ0) is 14.4. The Balaban J connectivity index is 2.11. The summed E-state index contributed by atoms with van der Waals surface area (Å²) < 4.78 is 3.23. The summed E-state index contributed by atoms with van der Waals surface area (Å²) in [5.41, 5.74) is 3.91. The first kappa shape index (κ1) is 15.3. The largest absolute Gasteiger partial charge is 0.313 e. The number of halogens is 1. The standard InChI is InChI=1S/C16H22BrN3/c1-3-8-18-10-14-11-19-20(16(14)4-2)12-13-6-5-7-15(17)9-13/h5-7,9,11,18H,3-4,8,10,12H2,1-2H3. The van der Waals surface area contributed by atoms with E-state index in [9.17, 15) is 0 Å². The molecular weight excluding hydrogens is 314 g/mol. The summed E-state index contributed by atoms with van der Waals surface area (Å²) in [7, 11) is 0. The fourth-order valence-electron chi connectivity index (χ4n) is 2.35. The van der Waals surface area contributed by atoms with Crippen molar-refractivity contribution >= 4 is 15.9 Å². The minimum atomic E-state index is 0.830. The van der Waals surface area contributed by atoms with Crippen LogP contribution in [0.5, 0.6) is 0 Å². The van der Waals surface area contributed by atoms with Gasteiger partial charge in [0.05, 0.1) is 12.7 Å². The Labute approximate surface area is 129 Å². The van der Waals surface area contributed by atoms with Crippen LogP contribution >= 0.6 is 15.9 Å². The van der Waals surface area contributed by atoms with Gasteiger partial charge in [0, 0.05) is 22.3 Å². The highest BCUT2D eigenvalue weighted by atomic mass is 79.9. The topological polar surface area (TPSA) is 29.9 Å². The molecule has 1 aromatic carbocycles. The second-order valence-electron chi connectivity index (χ2n) is 4.93. The van der Waals surface area contributed by atoms with Crippen LogP contribution in [0.15, 0.2) is 34.9 Å². The maximum atomic E-state index is 4.55. The van der Waals surface area contributed by atoms with E-state index in [0.717, 1.165) is 36.9 Å². The molecule has 20 heavy (non-hydrogen) atoms. The van der Waals surface area contributed by atoms with E-state index in [0.29, 0.717) is 0 Å². The molecule has 2 aromatic rings. The van der Waals surface area contributed by atoms with Crippen LogP contribution in [-0.4, -0.2) is 16.3 Å². The summed E-state index contributed by atoms with van der Waals surface area (Å²) in [4.78, 5) is 0. The van der Waals surface area contributed by atoms with E-state index >= 15 is 0 Å². The maximum absolute atomic E-state index is 4.55. The summed E-state index contributed by atoms with van der Waals surface area (Å²) in [6.45, 7) is 7.17. The van der Waals surface area contributed by atoms with E-state index in [-0.39, 0.29) is 0 Å². The number of hydrogen-bond acceptors (Lipinski definition) is 2.